The molecule has 0 saturated carbocycles. The van der Waals surface area contributed by atoms with Gasteiger partial charge in [-0.05, 0) is 36.6 Å². The number of carbonyl (C=O) groups excluding carboxylic acids is 2. The lowest BCUT2D eigenvalue weighted by Gasteiger charge is -2.27. The van der Waals surface area contributed by atoms with E-state index in [-0.39, 0.29) is 17.7 Å². The van der Waals surface area contributed by atoms with Gasteiger partial charge in [-0.15, -0.1) is 0 Å². The maximum atomic E-state index is 13.1. The van der Waals surface area contributed by atoms with Crippen molar-refractivity contribution in [2.75, 3.05) is 0 Å². The number of aromatic nitrogens is 1. The van der Waals surface area contributed by atoms with Gasteiger partial charge in [-0.25, -0.2) is 0 Å². The Labute approximate surface area is 174 Å². The Morgan fingerprint density at radius 3 is 2.73 bits per heavy atom. The van der Waals surface area contributed by atoms with Crippen LogP contribution in [0.2, 0.25) is 0 Å². The lowest BCUT2D eigenvalue weighted by atomic mass is 9.84. The fraction of sp³-hybridized carbons (Fsp3) is 0.280. The molecule has 0 saturated heterocycles. The van der Waals surface area contributed by atoms with Crippen LogP contribution in [0.3, 0.4) is 0 Å². The molecule has 2 aromatic carbocycles. The van der Waals surface area contributed by atoms with E-state index >= 15 is 0 Å². The van der Waals surface area contributed by atoms with Gasteiger partial charge in [-0.3, -0.25) is 9.59 Å². The van der Waals surface area contributed by atoms with Crippen LogP contribution in [0.4, 0.5) is 0 Å². The third-order valence-electron chi connectivity index (χ3n) is 5.85. The van der Waals surface area contributed by atoms with E-state index < -0.39 is 0 Å². The third-order valence-corrected chi connectivity index (χ3v) is 5.85. The average molecular weight is 401 g/mol. The molecule has 0 radical (unpaired) electrons. The van der Waals surface area contributed by atoms with Crippen LogP contribution in [0, 0.1) is 5.92 Å². The first-order valence-electron chi connectivity index (χ1n) is 10.3. The molecule has 30 heavy (non-hydrogen) atoms. The number of hydrogen-bond donors (Lipinski definition) is 0. The Balaban J connectivity index is 1.59. The van der Waals surface area contributed by atoms with Gasteiger partial charge in [0.25, 0.3) is 0 Å². The summed E-state index contributed by atoms with van der Waals surface area (Å²) < 4.78 is 13.6. The highest BCUT2D eigenvalue weighted by molar-refractivity contribution is 6.15. The first-order chi connectivity index (χ1) is 14.4. The number of allylic oxidation sites excluding steroid dienone is 1. The molecular formula is C25H23NO4. The number of rotatable bonds is 3. The van der Waals surface area contributed by atoms with Gasteiger partial charge in [0, 0.05) is 41.2 Å². The number of benzene rings is 2. The van der Waals surface area contributed by atoms with E-state index in [4.69, 9.17) is 9.47 Å². The Bertz CT molecular complexity index is 1230. The van der Waals surface area contributed by atoms with Crippen molar-refractivity contribution in [2.24, 2.45) is 13.0 Å². The topological polar surface area (TPSA) is 57.5 Å². The first kappa shape index (κ1) is 18.7. The number of ether oxygens (including phenoxy) is 2. The van der Waals surface area contributed by atoms with Crippen LogP contribution in [-0.2, 0) is 11.8 Å². The van der Waals surface area contributed by atoms with Crippen LogP contribution in [0.5, 0.6) is 11.5 Å². The minimum Gasteiger partial charge on any atom is -0.452 e. The monoisotopic (exact) mass is 401 g/mol. The molecule has 0 N–H and O–H groups in total. The molecule has 2 aliphatic rings. The normalized spacial score (nSPS) is 19.2. The van der Waals surface area contributed by atoms with Crippen LogP contribution >= 0.6 is 0 Å². The highest BCUT2D eigenvalue weighted by Gasteiger charge is 2.38. The molecule has 1 aromatic heterocycles. The van der Waals surface area contributed by atoms with Crippen molar-refractivity contribution >= 4 is 28.7 Å². The Morgan fingerprint density at radius 2 is 1.93 bits per heavy atom. The molecule has 0 aliphatic carbocycles. The van der Waals surface area contributed by atoms with Crippen molar-refractivity contribution in [1.82, 2.24) is 4.57 Å². The molecule has 0 fully saturated rings. The van der Waals surface area contributed by atoms with Gasteiger partial charge >= 0.3 is 5.97 Å². The summed E-state index contributed by atoms with van der Waals surface area (Å²) in [5.74, 6) is 1.38. The highest BCUT2D eigenvalue weighted by Crippen LogP contribution is 2.48. The number of nitrogens with zero attached hydrogens (tertiary/aromatic N) is 1. The van der Waals surface area contributed by atoms with E-state index in [1.54, 1.807) is 12.1 Å². The van der Waals surface area contributed by atoms with E-state index in [1.165, 1.54) is 0 Å². The molecule has 0 spiro atoms. The molecule has 5 nitrogen and oxygen atoms in total. The number of fused-ring (bicyclic) bond motifs is 4. The van der Waals surface area contributed by atoms with Gasteiger partial charge in [0.1, 0.15) is 11.5 Å². The van der Waals surface area contributed by atoms with Gasteiger partial charge in [-0.2, -0.15) is 0 Å². The van der Waals surface area contributed by atoms with Crippen molar-refractivity contribution in [1.29, 1.82) is 0 Å². The second-order valence-corrected chi connectivity index (χ2v) is 8.51. The van der Waals surface area contributed by atoms with E-state index in [2.05, 4.69) is 13.8 Å². The van der Waals surface area contributed by atoms with E-state index in [9.17, 15) is 9.59 Å². The number of hydrogen-bond acceptors (Lipinski definition) is 4. The zero-order valence-corrected chi connectivity index (χ0v) is 17.3. The summed E-state index contributed by atoms with van der Waals surface area (Å²) in [6.07, 6.45) is 4.94. The van der Waals surface area contributed by atoms with Crippen LogP contribution in [0.15, 0.2) is 48.4 Å². The van der Waals surface area contributed by atoms with Gasteiger partial charge in [-0.1, -0.05) is 32.0 Å². The number of esters is 1. The molecular weight excluding hydrogens is 378 g/mol. The fourth-order valence-electron chi connectivity index (χ4n) is 4.60. The summed E-state index contributed by atoms with van der Waals surface area (Å²) in [4.78, 5) is 25.2. The molecule has 3 heterocycles. The summed E-state index contributed by atoms with van der Waals surface area (Å²) in [6.45, 7) is 4.25. The zero-order chi connectivity index (χ0) is 21.0. The molecule has 1 atom stereocenters. The summed E-state index contributed by atoms with van der Waals surface area (Å²) >= 11 is 0. The Hall–Kier alpha value is -3.34. The predicted octanol–water partition coefficient (Wildman–Crippen LogP) is 5.23. The quantitative estimate of drug-likeness (QED) is 0.342. The number of carbonyl (C=O) groups is 2. The maximum absolute atomic E-state index is 13.1. The van der Waals surface area contributed by atoms with E-state index in [0.717, 1.165) is 28.5 Å². The van der Waals surface area contributed by atoms with Crippen molar-refractivity contribution < 1.29 is 19.1 Å². The zero-order valence-electron chi connectivity index (χ0n) is 17.3. The van der Waals surface area contributed by atoms with Crippen LogP contribution in [-0.4, -0.2) is 16.3 Å². The predicted molar refractivity (Wildman–Crippen MR) is 115 cm³/mol. The largest absolute Gasteiger partial charge is 0.452 e. The van der Waals surface area contributed by atoms with Crippen molar-refractivity contribution in [3.05, 3.63) is 65.0 Å². The third kappa shape index (κ3) is 2.93. The maximum Gasteiger partial charge on any atom is 0.311 e. The van der Waals surface area contributed by atoms with E-state index in [0.29, 0.717) is 35.2 Å². The second kappa shape index (κ2) is 6.87. The lowest BCUT2D eigenvalue weighted by Crippen LogP contribution is -2.21. The standard InChI is InChI=1S/C25H23NO4/c1-14(2)10-15-12-22(27)29-20-9-8-18-24(28)21(30-25(18)23(15)20)11-16-13-26(3)19-7-5-4-6-17(16)19/h4-9,11,13-15H,10,12H2,1-3H3. The Morgan fingerprint density at radius 1 is 1.13 bits per heavy atom. The lowest BCUT2D eigenvalue weighted by molar-refractivity contribution is -0.136. The second-order valence-electron chi connectivity index (χ2n) is 8.51. The van der Waals surface area contributed by atoms with Crippen LogP contribution in [0.25, 0.3) is 17.0 Å². The number of Topliss-reactive ketones (excluding diaryl/α,β-unsaturated/α-hetero) is 1. The molecule has 3 aromatic rings. The molecule has 2 aliphatic heterocycles. The average Bonchev–Trinajstić information content (AvgIpc) is 3.18. The van der Waals surface area contributed by atoms with Crippen molar-refractivity contribution in [3.8, 4) is 11.5 Å². The summed E-state index contributed by atoms with van der Waals surface area (Å²) in [5, 5.41) is 1.06. The Kier molecular flexibility index (Phi) is 4.28. The molecule has 1 unspecified atom stereocenters. The van der Waals surface area contributed by atoms with E-state index in [1.807, 2.05) is 48.2 Å². The molecule has 0 amide bonds. The van der Waals surface area contributed by atoms with Gasteiger partial charge in [0.2, 0.25) is 5.78 Å². The molecule has 5 rings (SSSR count). The van der Waals surface area contributed by atoms with Crippen molar-refractivity contribution in [3.63, 3.8) is 0 Å². The van der Waals surface area contributed by atoms with Crippen LogP contribution < -0.4 is 9.47 Å². The summed E-state index contributed by atoms with van der Waals surface area (Å²) in [7, 11) is 1.98. The van der Waals surface area contributed by atoms with Gasteiger partial charge in [0.15, 0.2) is 5.76 Å². The van der Waals surface area contributed by atoms with Crippen LogP contribution in [0.1, 0.15) is 54.1 Å². The van der Waals surface area contributed by atoms with Gasteiger partial charge in [0.05, 0.1) is 12.0 Å². The number of aryl methyl sites for hydroxylation is 1. The minimum absolute atomic E-state index is 0.0131. The van der Waals surface area contributed by atoms with Crippen molar-refractivity contribution in [2.45, 2.75) is 32.6 Å². The smallest absolute Gasteiger partial charge is 0.311 e. The van der Waals surface area contributed by atoms with Gasteiger partial charge < -0.3 is 14.0 Å². The summed E-state index contributed by atoms with van der Waals surface area (Å²) in [6, 6.07) is 11.5. The summed E-state index contributed by atoms with van der Waals surface area (Å²) in [5.41, 5.74) is 3.40. The molecule has 5 heteroatoms. The first-order valence-corrected chi connectivity index (χ1v) is 10.3. The highest BCUT2D eigenvalue weighted by atomic mass is 16.5. The molecule has 152 valence electrons. The number of ketones is 1. The molecule has 0 bridgehead atoms. The SMILES string of the molecule is CC(C)CC1CC(=O)Oc2ccc3c(c21)OC(=Cc1cn(C)c2ccccc12)C3=O. The fourth-order valence-corrected chi connectivity index (χ4v) is 4.60. The number of para-hydroxylation sites is 1. The minimum atomic E-state index is -0.232.